The van der Waals surface area contributed by atoms with Crippen molar-refractivity contribution >= 4 is 10.9 Å². The van der Waals surface area contributed by atoms with Gasteiger partial charge in [0.25, 0.3) is 0 Å². The van der Waals surface area contributed by atoms with Gasteiger partial charge in [0.15, 0.2) is 0 Å². The van der Waals surface area contributed by atoms with Crippen LogP contribution in [0.25, 0.3) is 10.9 Å². The highest BCUT2D eigenvalue weighted by Crippen LogP contribution is 2.33. The zero-order valence-electron chi connectivity index (χ0n) is 12.4. The third kappa shape index (κ3) is 1.85. The maximum atomic E-state index is 3.31. The maximum absolute atomic E-state index is 3.31. The molecule has 0 aliphatic rings. The van der Waals surface area contributed by atoms with Gasteiger partial charge in [0.2, 0.25) is 0 Å². The minimum atomic E-state index is 0.547. The monoisotopic (exact) mass is 244 g/mol. The summed E-state index contributed by atoms with van der Waals surface area (Å²) in [5.41, 5.74) is 7.07. The lowest BCUT2D eigenvalue weighted by Crippen LogP contribution is -2.09. The molecule has 0 radical (unpaired) electrons. The van der Waals surface area contributed by atoms with E-state index in [1.165, 1.54) is 33.3 Å². The summed E-state index contributed by atoms with van der Waals surface area (Å²) in [6, 6.07) is 4.51. The van der Waals surface area contributed by atoms with Crippen LogP contribution in [0.3, 0.4) is 0 Å². The molecular formula is C16H24N2. The smallest absolute Gasteiger partial charge is 0.0515 e. The molecule has 0 spiro atoms. The van der Waals surface area contributed by atoms with Crippen molar-refractivity contribution in [3.05, 3.63) is 34.5 Å². The highest BCUT2D eigenvalue weighted by Gasteiger charge is 2.18. The molecule has 0 aliphatic carbocycles. The zero-order valence-corrected chi connectivity index (χ0v) is 12.4. The van der Waals surface area contributed by atoms with Crippen molar-refractivity contribution in [3.8, 4) is 0 Å². The minimum Gasteiger partial charge on any atom is -0.347 e. The second-order valence-electron chi connectivity index (χ2n) is 5.51. The van der Waals surface area contributed by atoms with Gasteiger partial charge in [-0.25, -0.2) is 0 Å². The van der Waals surface area contributed by atoms with Gasteiger partial charge in [-0.2, -0.15) is 0 Å². The van der Waals surface area contributed by atoms with Gasteiger partial charge in [0.1, 0.15) is 0 Å². The van der Waals surface area contributed by atoms with Crippen LogP contribution >= 0.6 is 0 Å². The molecule has 1 N–H and O–H groups in total. The van der Waals surface area contributed by atoms with E-state index in [4.69, 9.17) is 0 Å². The van der Waals surface area contributed by atoms with Crippen molar-refractivity contribution < 1.29 is 0 Å². The zero-order chi connectivity index (χ0) is 13.4. The van der Waals surface area contributed by atoms with E-state index in [0.717, 1.165) is 6.54 Å². The van der Waals surface area contributed by atoms with Crippen LogP contribution in [0.1, 0.15) is 42.1 Å². The number of aromatic nitrogens is 1. The number of nitrogens with zero attached hydrogens (tertiary/aromatic N) is 1. The molecule has 0 saturated carbocycles. The molecule has 18 heavy (non-hydrogen) atoms. The first-order valence-corrected chi connectivity index (χ1v) is 6.71. The molecule has 0 fully saturated rings. The van der Waals surface area contributed by atoms with E-state index in [0.29, 0.717) is 5.92 Å². The van der Waals surface area contributed by atoms with Crippen LogP contribution in [0.2, 0.25) is 0 Å². The van der Waals surface area contributed by atoms with E-state index in [1.807, 2.05) is 7.05 Å². The van der Waals surface area contributed by atoms with Gasteiger partial charge in [-0.1, -0.05) is 26.0 Å². The molecule has 0 amide bonds. The summed E-state index contributed by atoms with van der Waals surface area (Å²) < 4.78 is 2.38. The molecule has 0 unspecified atom stereocenters. The number of hydrogen-bond donors (Lipinski definition) is 1. The Balaban J connectivity index is 2.87. The molecule has 0 aliphatic heterocycles. The molecule has 1 aromatic heterocycles. The SMILES string of the molecule is CNCc1c(C(C)C)n(C)c2c(C)c(C)ccc12. The minimum absolute atomic E-state index is 0.547. The van der Waals surface area contributed by atoms with Gasteiger partial charge < -0.3 is 9.88 Å². The summed E-state index contributed by atoms with van der Waals surface area (Å²) in [6.07, 6.45) is 0. The van der Waals surface area contributed by atoms with Crippen molar-refractivity contribution in [2.75, 3.05) is 7.05 Å². The Morgan fingerprint density at radius 3 is 2.44 bits per heavy atom. The molecule has 2 nitrogen and oxygen atoms in total. The Morgan fingerprint density at radius 1 is 1.22 bits per heavy atom. The molecule has 0 saturated heterocycles. The Labute approximate surface area is 110 Å². The number of nitrogens with one attached hydrogen (secondary N) is 1. The lowest BCUT2D eigenvalue weighted by Gasteiger charge is -2.11. The Hall–Kier alpha value is -1.28. The normalized spacial score (nSPS) is 11.7. The predicted molar refractivity (Wildman–Crippen MR) is 79.2 cm³/mol. The second-order valence-corrected chi connectivity index (χ2v) is 5.51. The van der Waals surface area contributed by atoms with Gasteiger partial charge in [-0.05, 0) is 43.5 Å². The van der Waals surface area contributed by atoms with E-state index < -0.39 is 0 Å². The summed E-state index contributed by atoms with van der Waals surface area (Å²) in [5.74, 6) is 0.547. The Morgan fingerprint density at radius 2 is 1.89 bits per heavy atom. The van der Waals surface area contributed by atoms with Gasteiger partial charge in [0, 0.05) is 24.7 Å². The van der Waals surface area contributed by atoms with E-state index in [9.17, 15) is 0 Å². The summed E-state index contributed by atoms with van der Waals surface area (Å²) >= 11 is 0. The number of fused-ring (bicyclic) bond motifs is 1. The fourth-order valence-corrected chi connectivity index (χ4v) is 3.04. The molecule has 0 atom stereocenters. The second kappa shape index (κ2) is 4.77. The Kier molecular flexibility index (Phi) is 3.49. The van der Waals surface area contributed by atoms with Crippen molar-refractivity contribution in [1.82, 2.24) is 9.88 Å². The van der Waals surface area contributed by atoms with Crippen LogP contribution in [0.15, 0.2) is 12.1 Å². The van der Waals surface area contributed by atoms with Crippen molar-refractivity contribution in [2.45, 2.75) is 40.2 Å². The average molecular weight is 244 g/mol. The molecule has 0 bridgehead atoms. The topological polar surface area (TPSA) is 17.0 Å². The van der Waals surface area contributed by atoms with E-state index >= 15 is 0 Å². The van der Waals surface area contributed by atoms with Crippen molar-refractivity contribution in [1.29, 1.82) is 0 Å². The van der Waals surface area contributed by atoms with Gasteiger partial charge in [0.05, 0.1) is 5.52 Å². The van der Waals surface area contributed by atoms with Crippen molar-refractivity contribution in [2.24, 2.45) is 7.05 Å². The van der Waals surface area contributed by atoms with Gasteiger partial charge in [-0.3, -0.25) is 0 Å². The number of benzene rings is 1. The largest absolute Gasteiger partial charge is 0.347 e. The van der Waals surface area contributed by atoms with Crippen LogP contribution in [0, 0.1) is 13.8 Å². The summed E-state index contributed by atoms with van der Waals surface area (Å²) in [5, 5.41) is 4.71. The van der Waals surface area contributed by atoms with Crippen LogP contribution in [0.4, 0.5) is 0 Å². The van der Waals surface area contributed by atoms with Crippen molar-refractivity contribution in [3.63, 3.8) is 0 Å². The molecule has 1 heterocycles. The van der Waals surface area contributed by atoms with E-state index in [-0.39, 0.29) is 0 Å². The van der Waals surface area contributed by atoms with Gasteiger partial charge >= 0.3 is 0 Å². The van der Waals surface area contributed by atoms with Crippen LogP contribution in [0.5, 0.6) is 0 Å². The fourth-order valence-electron chi connectivity index (χ4n) is 3.04. The van der Waals surface area contributed by atoms with E-state index in [1.54, 1.807) is 0 Å². The summed E-state index contributed by atoms with van der Waals surface area (Å²) in [6.45, 7) is 9.90. The average Bonchev–Trinajstić information content (AvgIpc) is 2.58. The van der Waals surface area contributed by atoms with E-state index in [2.05, 4.69) is 56.8 Å². The highest BCUT2D eigenvalue weighted by atomic mass is 15.0. The quantitative estimate of drug-likeness (QED) is 0.872. The third-order valence-electron chi connectivity index (χ3n) is 3.93. The number of aryl methyl sites for hydroxylation is 3. The molecule has 2 rings (SSSR count). The standard InChI is InChI=1S/C16H24N2/c1-10(2)15-14(9-17-5)13-8-7-11(3)12(4)16(13)18(15)6/h7-8,10,17H,9H2,1-6H3. The maximum Gasteiger partial charge on any atom is 0.0515 e. The predicted octanol–water partition coefficient (Wildman–Crippen LogP) is 3.64. The van der Waals surface area contributed by atoms with Crippen LogP contribution in [-0.4, -0.2) is 11.6 Å². The summed E-state index contributed by atoms with van der Waals surface area (Å²) in [7, 11) is 4.22. The number of hydrogen-bond acceptors (Lipinski definition) is 1. The fraction of sp³-hybridized carbons (Fsp3) is 0.500. The first-order valence-electron chi connectivity index (χ1n) is 6.71. The van der Waals surface area contributed by atoms with Crippen LogP contribution < -0.4 is 5.32 Å². The summed E-state index contributed by atoms with van der Waals surface area (Å²) in [4.78, 5) is 0. The Bertz CT molecular complexity index is 577. The lowest BCUT2D eigenvalue weighted by atomic mass is 10.0. The number of rotatable bonds is 3. The first kappa shape index (κ1) is 13.2. The first-order chi connectivity index (χ1) is 8.49. The molecular weight excluding hydrogens is 220 g/mol. The molecule has 2 aromatic rings. The van der Waals surface area contributed by atoms with Crippen LogP contribution in [-0.2, 0) is 13.6 Å². The molecule has 1 aromatic carbocycles. The third-order valence-corrected chi connectivity index (χ3v) is 3.93. The molecule has 98 valence electrons. The highest BCUT2D eigenvalue weighted by molar-refractivity contribution is 5.89. The van der Waals surface area contributed by atoms with Gasteiger partial charge in [-0.15, -0.1) is 0 Å². The molecule has 2 heteroatoms. The lowest BCUT2D eigenvalue weighted by molar-refractivity contribution is 0.718.